The smallest absolute Gasteiger partial charge is 0.248 e. The minimum absolute atomic E-state index is 0.138. The van der Waals surface area contributed by atoms with Crippen LogP contribution in [0.4, 0.5) is 11.4 Å². The van der Waals surface area contributed by atoms with E-state index in [2.05, 4.69) is 26.1 Å². The number of carbonyl (C=O) groups excluding carboxylic acids is 1. The lowest BCUT2D eigenvalue weighted by atomic mass is 10.2. The molecule has 1 aliphatic heterocycles. The van der Waals surface area contributed by atoms with Gasteiger partial charge in [-0.25, -0.2) is 0 Å². The van der Waals surface area contributed by atoms with Gasteiger partial charge in [-0.05, 0) is 25.1 Å². The van der Waals surface area contributed by atoms with Crippen LogP contribution in [0.2, 0.25) is 0 Å². The zero-order valence-electron chi connectivity index (χ0n) is 12.0. The number of nitrogens with one attached hydrogen (secondary N) is 1. The monoisotopic (exact) mass is 350 g/mol. The van der Waals surface area contributed by atoms with Gasteiger partial charge in [0.2, 0.25) is 5.91 Å². The van der Waals surface area contributed by atoms with Crippen molar-refractivity contribution < 1.29 is 9.53 Å². The Kier molecular flexibility index (Phi) is 6.02. The molecule has 1 heterocycles. The van der Waals surface area contributed by atoms with Crippen LogP contribution in [0, 0.1) is 0 Å². The van der Waals surface area contributed by atoms with E-state index in [0.717, 1.165) is 28.9 Å². The summed E-state index contributed by atoms with van der Waals surface area (Å²) in [7, 11) is 0. The van der Waals surface area contributed by atoms with Gasteiger partial charge in [0.15, 0.2) is 0 Å². The quantitative estimate of drug-likeness (QED) is 0.668. The average molecular weight is 351 g/mol. The first-order chi connectivity index (χ1) is 10.2. The molecule has 1 amide bonds. The number of amides is 1. The fraction of sp³-hybridized carbons (Fsp3) is 0.312. The lowest BCUT2D eigenvalue weighted by Crippen LogP contribution is -2.36. The maximum Gasteiger partial charge on any atom is 0.248 e. The van der Waals surface area contributed by atoms with E-state index in [1.807, 2.05) is 37.3 Å². The number of carbonyl (C=O) groups is 1. The van der Waals surface area contributed by atoms with Crippen molar-refractivity contribution in [2.24, 2.45) is 0 Å². The van der Waals surface area contributed by atoms with E-state index in [9.17, 15) is 4.79 Å². The number of morpholine rings is 1. The fourth-order valence-electron chi connectivity index (χ4n) is 2.12. The highest BCUT2D eigenvalue weighted by molar-refractivity contribution is 9.10. The number of hydrogen-bond acceptors (Lipinski definition) is 3. The van der Waals surface area contributed by atoms with E-state index in [0.29, 0.717) is 13.2 Å². The highest BCUT2D eigenvalue weighted by atomic mass is 79.9. The van der Waals surface area contributed by atoms with Gasteiger partial charge < -0.3 is 15.0 Å². The molecule has 0 atom stereocenters. The van der Waals surface area contributed by atoms with Crippen molar-refractivity contribution in [3.8, 4) is 0 Å². The molecule has 0 spiro atoms. The maximum absolute atomic E-state index is 11.9. The van der Waals surface area contributed by atoms with Gasteiger partial charge in [-0.15, -0.1) is 0 Å². The van der Waals surface area contributed by atoms with Crippen LogP contribution in [0.3, 0.4) is 0 Å². The number of halogens is 1. The van der Waals surface area contributed by atoms with Gasteiger partial charge in [-0.2, -0.15) is 0 Å². The Bertz CT molecular complexity index is 549. The van der Waals surface area contributed by atoms with Crippen molar-refractivity contribution in [3.05, 3.63) is 47.0 Å². The summed E-state index contributed by atoms with van der Waals surface area (Å²) in [5.74, 6) is -0.138. The molecular weight excluding hydrogens is 332 g/mol. The van der Waals surface area contributed by atoms with E-state index >= 15 is 0 Å². The van der Waals surface area contributed by atoms with Crippen LogP contribution >= 0.6 is 15.9 Å². The van der Waals surface area contributed by atoms with Gasteiger partial charge in [0, 0.05) is 23.6 Å². The third kappa shape index (κ3) is 4.72. The van der Waals surface area contributed by atoms with Crippen molar-refractivity contribution in [2.45, 2.75) is 6.92 Å². The zero-order valence-corrected chi connectivity index (χ0v) is 13.6. The number of nitrogens with zero attached hydrogens (tertiary/aromatic N) is 1. The SMILES string of the molecule is CC=CC=CC(=O)Nc1cc(Br)ccc1N1CCOCC1. The van der Waals surface area contributed by atoms with E-state index < -0.39 is 0 Å². The molecule has 5 heteroatoms. The molecule has 1 fully saturated rings. The predicted molar refractivity (Wildman–Crippen MR) is 89.8 cm³/mol. The number of anilines is 2. The Balaban J connectivity index is 2.16. The Hall–Kier alpha value is -1.59. The highest BCUT2D eigenvalue weighted by Gasteiger charge is 2.15. The first-order valence-corrected chi connectivity index (χ1v) is 7.72. The predicted octanol–water partition coefficient (Wildman–Crippen LogP) is 3.36. The summed E-state index contributed by atoms with van der Waals surface area (Å²) in [6.07, 6.45) is 6.94. The van der Waals surface area contributed by atoms with Gasteiger partial charge in [-0.3, -0.25) is 4.79 Å². The van der Waals surface area contributed by atoms with Crippen molar-refractivity contribution in [1.82, 2.24) is 0 Å². The Morgan fingerprint density at radius 3 is 2.81 bits per heavy atom. The molecule has 0 aromatic heterocycles. The summed E-state index contributed by atoms with van der Waals surface area (Å²) < 4.78 is 6.31. The molecule has 1 saturated heterocycles. The van der Waals surface area contributed by atoms with E-state index in [4.69, 9.17) is 4.74 Å². The van der Waals surface area contributed by atoms with Crippen LogP contribution < -0.4 is 10.2 Å². The van der Waals surface area contributed by atoms with Crippen molar-refractivity contribution in [2.75, 3.05) is 36.5 Å². The normalized spacial score (nSPS) is 15.8. The molecule has 0 bridgehead atoms. The standard InChI is InChI=1S/C16H19BrN2O2/c1-2-3-4-5-16(20)18-14-12-13(17)6-7-15(14)19-8-10-21-11-9-19/h2-7,12H,8-11H2,1H3,(H,18,20). The molecule has 0 unspecified atom stereocenters. The number of allylic oxidation sites excluding steroid dienone is 3. The molecule has 0 aliphatic carbocycles. The fourth-order valence-corrected chi connectivity index (χ4v) is 2.48. The molecular formula is C16H19BrN2O2. The van der Waals surface area contributed by atoms with Gasteiger partial charge in [0.05, 0.1) is 24.6 Å². The van der Waals surface area contributed by atoms with Gasteiger partial charge in [0.25, 0.3) is 0 Å². The van der Waals surface area contributed by atoms with Crippen LogP contribution in [0.5, 0.6) is 0 Å². The summed E-state index contributed by atoms with van der Waals surface area (Å²) in [6.45, 7) is 5.00. The minimum atomic E-state index is -0.138. The van der Waals surface area contributed by atoms with Crippen LogP contribution in [-0.2, 0) is 9.53 Å². The maximum atomic E-state index is 11.9. The largest absolute Gasteiger partial charge is 0.378 e. The van der Waals surface area contributed by atoms with Gasteiger partial charge in [0.1, 0.15) is 0 Å². The molecule has 0 saturated carbocycles. The van der Waals surface area contributed by atoms with Crippen LogP contribution in [0.15, 0.2) is 47.0 Å². The third-order valence-corrected chi connectivity index (χ3v) is 3.61. The summed E-state index contributed by atoms with van der Waals surface area (Å²) in [5, 5.41) is 2.94. The molecule has 1 aromatic rings. The Morgan fingerprint density at radius 1 is 1.33 bits per heavy atom. The van der Waals surface area contributed by atoms with Gasteiger partial charge in [-0.1, -0.05) is 34.2 Å². The summed E-state index contributed by atoms with van der Waals surface area (Å²) in [4.78, 5) is 14.2. The van der Waals surface area contributed by atoms with Crippen molar-refractivity contribution in [3.63, 3.8) is 0 Å². The van der Waals surface area contributed by atoms with E-state index in [1.165, 1.54) is 6.08 Å². The number of benzene rings is 1. The molecule has 1 aliphatic rings. The van der Waals surface area contributed by atoms with Crippen LogP contribution in [0.1, 0.15) is 6.92 Å². The number of ether oxygens (including phenoxy) is 1. The van der Waals surface area contributed by atoms with Crippen molar-refractivity contribution >= 4 is 33.2 Å². The number of hydrogen-bond donors (Lipinski definition) is 1. The van der Waals surface area contributed by atoms with E-state index in [-0.39, 0.29) is 5.91 Å². The van der Waals surface area contributed by atoms with Crippen LogP contribution in [-0.4, -0.2) is 32.2 Å². The molecule has 1 aromatic carbocycles. The lowest BCUT2D eigenvalue weighted by Gasteiger charge is -2.30. The first-order valence-electron chi connectivity index (χ1n) is 6.93. The molecule has 1 N–H and O–H groups in total. The minimum Gasteiger partial charge on any atom is -0.378 e. The first kappa shape index (κ1) is 15.8. The van der Waals surface area contributed by atoms with Crippen molar-refractivity contribution in [1.29, 1.82) is 0 Å². The molecule has 21 heavy (non-hydrogen) atoms. The van der Waals surface area contributed by atoms with Gasteiger partial charge >= 0.3 is 0 Å². The summed E-state index contributed by atoms with van der Waals surface area (Å²) in [6, 6.07) is 5.92. The van der Waals surface area contributed by atoms with E-state index in [1.54, 1.807) is 6.08 Å². The second-order valence-corrected chi connectivity index (χ2v) is 5.55. The molecule has 112 valence electrons. The summed E-state index contributed by atoms with van der Waals surface area (Å²) >= 11 is 3.45. The third-order valence-electron chi connectivity index (χ3n) is 3.12. The molecule has 0 radical (unpaired) electrons. The lowest BCUT2D eigenvalue weighted by molar-refractivity contribution is -0.111. The molecule has 2 rings (SSSR count). The molecule has 4 nitrogen and oxygen atoms in total. The summed E-state index contributed by atoms with van der Waals surface area (Å²) in [5.41, 5.74) is 1.83. The second-order valence-electron chi connectivity index (χ2n) is 4.64. The van der Waals surface area contributed by atoms with Crippen LogP contribution in [0.25, 0.3) is 0 Å². The second kappa shape index (κ2) is 8.00. The zero-order chi connectivity index (χ0) is 15.1. The average Bonchev–Trinajstić information content (AvgIpc) is 2.48. The Morgan fingerprint density at radius 2 is 2.10 bits per heavy atom. The highest BCUT2D eigenvalue weighted by Crippen LogP contribution is 2.30. The topological polar surface area (TPSA) is 41.6 Å². The number of rotatable bonds is 4. The Labute approximate surface area is 133 Å².